The third-order valence-corrected chi connectivity index (χ3v) is 7.59. The summed E-state index contributed by atoms with van der Waals surface area (Å²) in [6.45, 7) is 3.59. The number of carbonyl (C=O) groups excluding carboxylic acids is 2. The lowest BCUT2D eigenvalue weighted by Gasteiger charge is -2.19. The van der Waals surface area contributed by atoms with Gasteiger partial charge in [0.05, 0.1) is 13.2 Å². The zero-order chi connectivity index (χ0) is 31.2. The van der Waals surface area contributed by atoms with Gasteiger partial charge in [0, 0.05) is 19.4 Å². The summed E-state index contributed by atoms with van der Waals surface area (Å²) in [6.07, 6.45) is 26.7. The second kappa shape index (κ2) is 29.6. The highest BCUT2D eigenvalue weighted by molar-refractivity contribution is 7.47. The van der Waals surface area contributed by atoms with Crippen LogP contribution in [-0.2, 0) is 32.7 Å². The molecule has 0 saturated heterocycles. The zero-order valence-corrected chi connectivity index (χ0v) is 27.4. The molecule has 0 aliphatic carbocycles. The van der Waals surface area contributed by atoms with E-state index >= 15 is 0 Å². The molecule has 0 amide bonds. The number of hydrogen-bond acceptors (Lipinski definition) is 8. The lowest BCUT2D eigenvalue weighted by molar-refractivity contribution is -0.161. The predicted octanol–water partition coefficient (Wildman–Crippen LogP) is 8.10. The number of ether oxygens (including phenoxy) is 2. The van der Waals surface area contributed by atoms with E-state index in [1.54, 1.807) is 0 Å². The van der Waals surface area contributed by atoms with Gasteiger partial charge in [0.15, 0.2) is 6.10 Å². The fourth-order valence-corrected chi connectivity index (χ4v) is 4.92. The van der Waals surface area contributed by atoms with E-state index < -0.39 is 32.5 Å². The summed E-state index contributed by atoms with van der Waals surface area (Å²) in [6, 6.07) is 0. The van der Waals surface area contributed by atoms with Crippen LogP contribution in [0.2, 0.25) is 0 Å². The first-order valence-corrected chi connectivity index (χ1v) is 17.8. The number of allylic oxidation sites excluding steroid dienone is 4. The van der Waals surface area contributed by atoms with Crippen molar-refractivity contribution in [1.29, 1.82) is 0 Å². The van der Waals surface area contributed by atoms with Crippen molar-refractivity contribution in [2.24, 2.45) is 5.73 Å². The molecule has 0 aromatic heterocycles. The maximum atomic E-state index is 12.4. The van der Waals surface area contributed by atoms with Crippen LogP contribution >= 0.6 is 7.82 Å². The molecule has 0 rings (SSSR count). The molecule has 2 atom stereocenters. The lowest BCUT2D eigenvalue weighted by atomic mass is 10.1. The summed E-state index contributed by atoms with van der Waals surface area (Å²) >= 11 is 0. The van der Waals surface area contributed by atoms with E-state index in [1.807, 2.05) is 12.2 Å². The topological polar surface area (TPSA) is 134 Å². The standard InChI is InChI=1S/C32H60NO8P/c1-3-5-7-9-11-13-14-15-16-17-19-21-23-25-32(35)41-30(29-40-42(36,37)39-27-26-33)28-38-31(34)24-22-20-18-12-10-8-6-4-2/h15-16,19,21,30H,3-14,17-18,20,22-29,33H2,1-2H3,(H,36,37)/b16-15+,21-19+. The summed E-state index contributed by atoms with van der Waals surface area (Å²) < 4.78 is 32.3. The van der Waals surface area contributed by atoms with Gasteiger partial charge < -0.3 is 20.1 Å². The number of hydrogen-bond donors (Lipinski definition) is 2. The zero-order valence-electron chi connectivity index (χ0n) is 26.5. The third-order valence-electron chi connectivity index (χ3n) is 6.60. The first-order valence-electron chi connectivity index (χ1n) is 16.3. The number of nitrogens with two attached hydrogens (primary N) is 1. The van der Waals surface area contributed by atoms with Crippen LogP contribution in [0.1, 0.15) is 136 Å². The molecular formula is C32H60NO8P. The van der Waals surface area contributed by atoms with Crippen molar-refractivity contribution in [3.8, 4) is 0 Å². The van der Waals surface area contributed by atoms with Crippen molar-refractivity contribution in [3.05, 3.63) is 24.3 Å². The highest BCUT2D eigenvalue weighted by Crippen LogP contribution is 2.43. The fraction of sp³-hybridized carbons (Fsp3) is 0.812. The first kappa shape index (κ1) is 40.5. The van der Waals surface area contributed by atoms with E-state index in [9.17, 15) is 19.0 Å². The van der Waals surface area contributed by atoms with Crippen molar-refractivity contribution < 1.29 is 37.6 Å². The van der Waals surface area contributed by atoms with Gasteiger partial charge >= 0.3 is 19.8 Å². The normalized spacial score (nSPS) is 13.9. The molecule has 0 bridgehead atoms. The Morgan fingerprint density at radius 1 is 0.714 bits per heavy atom. The molecule has 0 spiro atoms. The minimum Gasteiger partial charge on any atom is -0.462 e. The van der Waals surface area contributed by atoms with Crippen LogP contribution in [0.4, 0.5) is 0 Å². The SMILES string of the molecule is CCCCCCCC/C=C/C/C=C/CCC(=O)OC(COC(=O)CCCCCCCCCC)COP(=O)(O)OCCN. The number of esters is 2. The van der Waals surface area contributed by atoms with Crippen LogP contribution in [0.3, 0.4) is 0 Å². The molecule has 9 nitrogen and oxygen atoms in total. The average Bonchev–Trinajstić information content (AvgIpc) is 2.97. The summed E-state index contributed by atoms with van der Waals surface area (Å²) in [7, 11) is -4.37. The molecular weight excluding hydrogens is 557 g/mol. The number of carbonyl (C=O) groups is 2. The number of rotatable bonds is 30. The number of phosphoric ester groups is 1. The largest absolute Gasteiger partial charge is 0.472 e. The highest BCUT2D eigenvalue weighted by Gasteiger charge is 2.25. The van der Waals surface area contributed by atoms with Gasteiger partial charge in [0.1, 0.15) is 6.61 Å². The smallest absolute Gasteiger partial charge is 0.462 e. The van der Waals surface area contributed by atoms with Crippen molar-refractivity contribution in [2.75, 3.05) is 26.4 Å². The second-order valence-electron chi connectivity index (χ2n) is 10.7. The Kier molecular flexibility index (Phi) is 28.5. The maximum absolute atomic E-state index is 12.4. The molecule has 42 heavy (non-hydrogen) atoms. The summed E-state index contributed by atoms with van der Waals surface area (Å²) in [5.41, 5.74) is 5.30. The molecule has 246 valence electrons. The van der Waals surface area contributed by atoms with Crippen molar-refractivity contribution in [2.45, 2.75) is 142 Å². The Hall–Kier alpha value is -1.51. The molecule has 0 aromatic carbocycles. The predicted molar refractivity (Wildman–Crippen MR) is 169 cm³/mol. The van der Waals surface area contributed by atoms with E-state index in [0.717, 1.165) is 32.1 Å². The average molecular weight is 618 g/mol. The molecule has 0 saturated carbocycles. The molecule has 0 radical (unpaired) electrons. The van der Waals surface area contributed by atoms with Gasteiger partial charge in [0.2, 0.25) is 0 Å². The van der Waals surface area contributed by atoms with Crippen molar-refractivity contribution >= 4 is 19.8 Å². The highest BCUT2D eigenvalue weighted by atomic mass is 31.2. The Morgan fingerprint density at radius 3 is 1.90 bits per heavy atom. The quantitative estimate of drug-likeness (QED) is 0.0355. The third kappa shape index (κ3) is 28.6. The molecule has 0 fully saturated rings. The maximum Gasteiger partial charge on any atom is 0.472 e. The van der Waals surface area contributed by atoms with E-state index in [-0.39, 0.29) is 32.6 Å². The summed E-state index contributed by atoms with van der Waals surface area (Å²) in [5.74, 6) is -0.914. The lowest BCUT2D eigenvalue weighted by Crippen LogP contribution is -2.29. The number of phosphoric acid groups is 1. The van der Waals surface area contributed by atoms with Gasteiger partial charge in [-0.2, -0.15) is 0 Å². The fourth-order valence-electron chi connectivity index (χ4n) is 4.16. The van der Waals surface area contributed by atoms with E-state index in [4.69, 9.17) is 24.3 Å². The Morgan fingerprint density at radius 2 is 1.29 bits per heavy atom. The van der Waals surface area contributed by atoms with Gasteiger partial charge in [-0.05, 0) is 32.1 Å². The number of unbranched alkanes of at least 4 members (excludes halogenated alkanes) is 13. The molecule has 10 heteroatoms. The van der Waals surface area contributed by atoms with Gasteiger partial charge in [-0.1, -0.05) is 115 Å². The minimum atomic E-state index is -4.37. The van der Waals surface area contributed by atoms with Crippen LogP contribution in [0.5, 0.6) is 0 Å². The Bertz CT molecular complexity index is 759. The second-order valence-corrected chi connectivity index (χ2v) is 12.1. The van der Waals surface area contributed by atoms with Gasteiger partial charge in [-0.15, -0.1) is 0 Å². The van der Waals surface area contributed by atoms with Crippen LogP contribution < -0.4 is 5.73 Å². The summed E-state index contributed by atoms with van der Waals surface area (Å²) in [5, 5.41) is 0. The minimum absolute atomic E-state index is 0.0467. The van der Waals surface area contributed by atoms with Crippen LogP contribution in [0.15, 0.2) is 24.3 Å². The molecule has 2 unspecified atom stereocenters. The van der Waals surface area contributed by atoms with E-state index in [2.05, 4.69) is 26.0 Å². The Labute approximate surface area is 255 Å². The Balaban J connectivity index is 4.40. The van der Waals surface area contributed by atoms with Crippen molar-refractivity contribution in [1.82, 2.24) is 0 Å². The van der Waals surface area contributed by atoms with Crippen LogP contribution in [0, 0.1) is 0 Å². The molecule has 0 aliphatic rings. The van der Waals surface area contributed by atoms with Crippen LogP contribution in [-0.4, -0.2) is 49.3 Å². The monoisotopic (exact) mass is 617 g/mol. The molecule has 3 N–H and O–H groups in total. The van der Waals surface area contributed by atoms with E-state index in [1.165, 1.54) is 70.6 Å². The van der Waals surface area contributed by atoms with Crippen molar-refractivity contribution in [3.63, 3.8) is 0 Å². The van der Waals surface area contributed by atoms with Gasteiger partial charge in [-0.25, -0.2) is 4.57 Å². The van der Waals surface area contributed by atoms with Gasteiger partial charge in [0.25, 0.3) is 0 Å². The summed E-state index contributed by atoms with van der Waals surface area (Å²) in [4.78, 5) is 34.4. The van der Waals surface area contributed by atoms with E-state index in [0.29, 0.717) is 6.42 Å². The molecule has 0 heterocycles. The first-order chi connectivity index (χ1) is 20.3. The molecule has 0 aromatic rings. The van der Waals surface area contributed by atoms with Crippen LogP contribution in [0.25, 0.3) is 0 Å². The molecule has 0 aliphatic heterocycles. The van der Waals surface area contributed by atoms with Gasteiger partial charge in [-0.3, -0.25) is 18.6 Å².